The highest BCUT2D eigenvalue weighted by atomic mass is 127. The lowest BCUT2D eigenvalue weighted by Crippen LogP contribution is -2.50. The quantitative estimate of drug-likeness (QED) is 0.263. The van der Waals surface area contributed by atoms with Gasteiger partial charge in [0.2, 0.25) is 0 Å². The first kappa shape index (κ1) is 23.5. The summed E-state index contributed by atoms with van der Waals surface area (Å²) in [6.45, 7) is 16.2. The Morgan fingerprint density at radius 1 is 1.17 bits per heavy atom. The van der Waals surface area contributed by atoms with Crippen molar-refractivity contribution in [3.63, 3.8) is 0 Å². The Morgan fingerprint density at radius 2 is 1.74 bits per heavy atom. The van der Waals surface area contributed by atoms with Crippen LogP contribution < -0.4 is 0 Å². The van der Waals surface area contributed by atoms with Gasteiger partial charge in [-0.05, 0) is 51.2 Å². The smallest absolute Gasteiger partial charge is 0.192 e. The van der Waals surface area contributed by atoms with E-state index < -0.39 is 8.32 Å². The van der Waals surface area contributed by atoms with Crippen molar-refractivity contribution in [2.75, 3.05) is 27.6 Å². The third-order valence-electron chi connectivity index (χ3n) is 4.34. The molecule has 0 aliphatic rings. The van der Waals surface area contributed by atoms with E-state index in [0.717, 1.165) is 0 Å². The average molecular weight is 458 g/mol. The molecule has 0 fully saturated rings. The van der Waals surface area contributed by atoms with Gasteiger partial charge in [0.05, 0.1) is 18.8 Å². The van der Waals surface area contributed by atoms with E-state index in [0.29, 0.717) is 6.61 Å². The fourth-order valence-corrected chi connectivity index (χ4v) is 4.00. The van der Waals surface area contributed by atoms with Gasteiger partial charge in [0.25, 0.3) is 0 Å². The molecule has 23 heavy (non-hydrogen) atoms. The van der Waals surface area contributed by atoms with Crippen molar-refractivity contribution in [3.8, 4) is 0 Å². The Labute approximate surface area is 157 Å². The van der Waals surface area contributed by atoms with E-state index in [4.69, 9.17) is 18.6 Å². The van der Waals surface area contributed by atoms with Crippen molar-refractivity contribution < 1.29 is 18.6 Å². The van der Waals surface area contributed by atoms with Gasteiger partial charge in [0, 0.05) is 20.1 Å². The van der Waals surface area contributed by atoms with E-state index in [1.165, 1.54) is 3.58 Å². The summed E-state index contributed by atoms with van der Waals surface area (Å²) in [5.74, 6) is 0.215. The molecule has 0 aliphatic carbocycles. The van der Waals surface area contributed by atoms with E-state index in [9.17, 15) is 0 Å². The summed E-state index contributed by atoms with van der Waals surface area (Å²) in [6.07, 6.45) is 1.99. The van der Waals surface area contributed by atoms with E-state index in [-0.39, 0.29) is 30.0 Å². The highest BCUT2D eigenvalue weighted by Gasteiger charge is 2.41. The number of ether oxygens (including phenoxy) is 3. The second-order valence-electron chi connectivity index (χ2n) is 7.52. The standard InChI is InChI=1S/C17H35IO4Si/c1-13(10-14(2)18)16(21-12-20-7)15(11-19-6)22-23(8,9)17(3,4)5/h10,13,15-16H,11-12H2,1-9H3/b14-10+/t13-,15+,16+/m1/s1. The molecular formula is C17H35IO4Si. The predicted octanol–water partition coefficient (Wildman–Crippen LogP) is 4.99. The van der Waals surface area contributed by atoms with E-state index in [2.05, 4.69) is 76.4 Å². The molecule has 138 valence electrons. The molecule has 0 radical (unpaired) electrons. The van der Waals surface area contributed by atoms with Crippen LogP contribution in [0.4, 0.5) is 0 Å². The summed E-state index contributed by atoms with van der Waals surface area (Å²) in [4.78, 5) is 0. The van der Waals surface area contributed by atoms with Crippen LogP contribution in [0.25, 0.3) is 0 Å². The number of allylic oxidation sites excluding steroid dienone is 1. The number of rotatable bonds is 10. The minimum Gasteiger partial charge on any atom is -0.409 e. The molecule has 0 spiro atoms. The van der Waals surface area contributed by atoms with Crippen LogP contribution in [0, 0.1) is 5.92 Å². The number of hydrogen-bond donors (Lipinski definition) is 0. The molecule has 3 atom stereocenters. The van der Waals surface area contributed by atoms with Gasteiger partial charge in [-0.2, -0.15) is 0 Å². The van der Waals surface area contributed by atoms with Crippen LogP contribution in [0.1, 0.15) is 34.6 Å². The first-order valence-electron chi connectivity index (χ1n) is 8.07. The minimum atomic E-state index is -1.92. The summed E-state index contributed by atoms with van der Waals surface area (Å²) >= 11 is 2.33. The summed E-state index contributed by atoms with van der Waals surface area (Å²) in [5.41, 5.74) is 0. The maximum atomic E-state index is 6.61. The highest BCUT2D eigenvalue weighted by Crippen LogP contribution is 2.38. The van der Waals surface area contributed by atoms with Crippen LogP contribution >= 0.6 is 22.6 Å². The highest BCUT2D eigenvalue weighted by molar-refractivity contribution is 14.1. The van der Waals surface area contributed by atoms with Gasteiger partial charge >= 0.3 is 0 Å². The molecule has 0 aromatic heterocycles. The number of hydrogen-bond acceptors (Lipinski definition) is 4. The SMILES string of the molecule is COCO[C@@H]([C@H](C)/C=C(\C)I)[C@H](COC)O[Si](C)(C)C(C)(C)C. The van der Waals surface area contributed by atoms with Gasteiger partial charge in [-0.3, -0.25) is 0 Å². The van der Waals surface area contributed by atoms with Crippen LogP contribution in [0.2, 0.25) is 18.1 Å². The van der Waals surface area contributed by atoms with Gasteiger partial charge in [0.15, 0.2) is 8.32 Å². The summed E-state index contributed by atoms with van der Waals surface area (Å²) < 4.78 is 24.4. The van der Waals surface area contributed by atoms with Crippen molar-refractivity contribution in [1.82, 2.24) is 0 Å². The molecule has 0 heterocycles. The molecule has 0 saturated heterocycles. The first-order chi connectivity index (χ1) is 10.5. The maximum absolute atomic E-state index is 6.61. The van der Waals surface area contributed by atoms with Crippen LogP contribution in [0.3, 0.4) is 0 Å². The molecule has 6 heteroatoms. The number of methoxy groups -OCH3 is 2. The Balaban J connectivity index is 5.39. The molecule has 0 aliphatic heterocycles. The fourth-order valence-electron chi connectivity index (χ4n) is 2.12. The zero-order valence-electron chi connectivity index (χ0n) is 16.2. The Kier molecular flexibility index (Phi) is 10.7. The van der Waals surface area contributed by atoms with Gasteiger partial charge in [-0.25, -0.2) is 0 Å². The number of halogens is 1. The summed E-state index contributed by atoms with van der Waals surface area (Å²) in [7, 11) is 1.43. The molecule has 0 bridgehead atoms. The topological polar surface area (TPSA) is 36.9 Å². The lowest BCUT2D eigenvalue weighted by molar-refractivity contribution is -0.131. The molecular weight excluding hydrogens is 423 g/mol. The summed E-state index contributed by atoms with van der Waals surface area (Å²) in [6, 6.07) is 0. The van der Waals surface area contributed by atoms with E-state index in [1.54, 1.807) is 14.2 Å². The van der Waals surface area contributed by atoms with Crippen molar-refractivity contribution in [3.05, 3.63) is 9.66 Å². The molecule has 4 nitrogen and oxygen atoms in total. The van der Waals surface area contributed by atoms with Crippen LogP contribution in [0.5, 0.6) is 0 Å². The van der Waals surface area contributed by atoms with Gasteiger partial charge < -0.3 is 18.6 Å². The third-order valence-corrected chi connectivity index (χ3v) is 9.20. The predicted molar refractivity (Wildman–Crippen MR) is 108 cm³/mol. The van der Waals surface area contributed by atoms with Gasteiger partial charge in [-0.15, -0.1) is 0 Å². The van der Waals surface area contributed by atoms with Crippen molar-refractivity contribution in [2.45, 2.75) is 65.0 Å². The largest absolute Gasteiger partial charge is 0.409 e. The van der Waals surface area contributed by atoms with Crippen molar-refractivity contribution in [1.29, 1.82) is 0 Å². The molecule has 0 aromatic rings. The molecule has 0 unspecified atom stereocenters. The summed E-state index contributed by atoms with van der Waals surface area (Å²) in [5, 5.41) is 0.142. The minimum absolute atomic E-state index is 0.103. The monoisotopic (exact) mass is 458 g/mol. The van der Waals surface area contributed by atoms with E-state index in [1.807, 2.05) is 0 Å². The second kappa shape index (κ2) is 10.5. The van der Waals surface area contributed by atoms with Gasteiger partial charge in [0.1, 0.15) is 6.79 Å². The molecule has 0 N–H and O–H groups in total. The van der Waals surface area contributed by atoms with E-state index >= 15 is 0 Å². The first-order valence-corrected chi connectivity index (χ1v) is 12.1. The Morgan fingerprint density at radius 3 is 2.13 bits per heavy atom. The maximum Gasteiger partial charge on any atom is 0.192 e. The van der Waals surface area contributed by atoms with Crippen LogP contribution in [-0.4, -0.2) is 48.1 Å². The molecule has 0 saturated carbocycles. The van der Waals surface area contributed by atoms with Crippen LogP contribution in [0.15, 0.2) is 9.66 Å². The van der Waals surface area contributed by atoms with Crippen molar-refractivity contribution in [2.24, 2.45) is 5.92 Å². The normalized spacial score (nSPS) is 17.9. The molecule has 0 aromatic carbocycles. The molecule has 0 rings (SSSR count). The Bertz CT molecular complexity index is 362. The zero-order valence-corrected chi connectivity index (χ0v) is 19.4. The van der Waals surface area contributed by atoms with Crippen molar-refractivity contribution >= 4 is 30.9 Å². The lowest BCUT2D eigenvalue weighted by atomic mass is 9.99. The average Bonchev–Trinajstić information content (AvgIpc) is 2.36. The zero-order chi connectivity index (χ0) is 18.3. The van der Waals surface area contributed by atoms with Crippen LogP contribution in [-0.2, 0) is 18.6 Å². The fraction of sp³-hybridized carbons (Fsp3) is 0.882. The second-order valence-corrected chi connectivity index (χ2v) is 14.0. The third kappa shape index (κ3) is 8.44. The lowest BCUT2D eigenvalue weighted by Gasteiger charge is -2.42. The Hall–Kier alpha value is 0.527. The molecule has 0 amide bonds. The van der Waals surface area contributed by atoms with Gasteiger partial charge in [-0.1, -0.05) is 33.8 Å².